The minimum atomic E-state index is -0.802. The first-order valence-electron chi connectivity index (χ1n) is 6.26. The van der Waals surface area contributed by atoms with Gasteiger partial charge < -0.3 is 4.74 Å². The van der Waals surface area contributed by atoms with Crippen LogP contribution < -0.4 is 4.72 Å². The molecule has 1 heterocycles. The molecular weight excluding hydrogens is 280 g/mol. The van der Waals surface area contributed by atoms with Gasteiger partial charge in [0.1, 0.15) is 0 Å². The number of non-ortho nitro benzene ring substituents is 1. The van der Waals surface area contributed by atoms with Crippen LogP contribution in [0.1, 0.15) is 32.4 Å². The third-order valence-corrected chi connectivity index (χ3v) is 4.27. The molecule has 0 aliphatic carbocycles. The summed E-state index contributed by atoms with van der Waals surface area (Å²) in [5, 5.41) is 10.9. The normalized spacial score (nSPS) is 17.6. The van der Waals surface area contributed by atoms with Crippen LogP contribution in [0, 0.1) is 15.5 Å². The zero-order chi connectivity index (χ0) is 14.9. The van der Waals surface area contributed by atoms with Crippen LogP contribution in [0.15, 0.2) is 23.1 Å². The lowest BCUT2D eigenvalue weighted by Gasteiger charge is -2.29. The van der Waals surface area contributed by atoms with Crippen LogP contribution in [-0.4, -0.2) is 17.5 Å². The number of hydrogen-bond donors (Lipinski definition) is 1. The average Bonchev–Trinajstić information content (AvgIpc) is 2.82. The molecule has 1 aromatic carbocycles. The lowest BCUT2D eigenvalue weighted by Crippen LogP contribution is -2.36. The Kier molecular flexibility index (Phi) is 4.01. The van der Waals surface area contributed by atoms with Gasteiger partial charge >= 0.3 is 5.97 Å². The molecule has 1 atom stereocenters. The smallest absolute Gasteiger partial charge is 0.313 e. The lowest BCUT2D eigenvalue weighted by atomic mass is 9.81. The number of fused-ring (bicyclic) bond motifs is 1. The highest BCUT2D eigenvalue weighted by atomic mass is 32.2. The van der Waals surface area contributed by atoms with Gasteiger partial charge in [-0.15, -0.1) is 0 Å². The summed E-state index contributed by atoms with van der Waals surface area (Å²) in [5.74, 6) is -0.322. The summed E-state index contributed by atoms with van der Waals surface area (Å²) in [5.41, 5.74) is -0.0105. The minimum absolute atomic E-state index is 0.0257. The number of nitro groups is 1. The highest BCUT2D eigenvalue weighted by molar-refractivity contribution is 7.97. The summed E-state index contributed by atoms with van der Waals surface area (Å²) in [6.07, 6.45) is 0. The molecule has 0 amide bonds. The lowest BCUT2D eigenvalue weighted by molar-refractivity contribution is -0.385. The van der Waals surface area contributed by atoms with Crippen molar-refractivity contribution in [2.24, 2.45) is 5.41 Å². The molecule has 7 heteroatoms. The van der Waals surface area contributed by atoms with Crippen molar-refractivity contribution in [3.63, 3.8) is 0 Å². The van der Waals surface area contributed by atoms with E-state index in [2.05, 4.69) is 4.72 Å². The van der Waals surface area contributed by atoms with Gasteiger partial charge in [-0.05, 0) is 44.3 Å². The number of carbonyl (C=O) groups is 1. The standard InChI is InChI=1S/C13H16N2O4S/c1-4-19-12(16)13(2,3)11-9-7-8(15(17)18)5-6-10(9)20-14-11/h5-7,11,14H,4H2,1-3H3. The number of benzene rings is 1. The van der Waals surface area contributed by atoms with Crippen LogP contribution in [0.3, 0.4) is 0 Å². The average molecular weight is 296 g/mol. The number of carbonyl (C=O) groups excluding carboxylic acids is 1. The van der Waals surface area contributed by atoms with Crippen molar-refractivity contribution >= 4 is 23.6 Å². The van der Waals surface area contributed by atoms with Crippen molar-refractivity contribution in [1.29, 1.82) is 0 Å². The van der Waals surface area contributed by atoms with Gasteiger partial charge in [0.15, 0.2) is 0 Å². The van der Waals surface area contributed by atoms with Crippen LogP contribution in [-0.2, 0) is 9.53 Å². The highest BCUT2D eigenvalue weighted by Gasteiger charge is 2.43. The number of nitrogens with one attached hydrogen (secondary N) is 1. The number of rotatable bonds is 4. The Labute approximate surface area is 121 Å². The highest BCUT2D eigenvalue weighted by Crippen LogP contribution is 2.46. The molecule has 0 fully saturated rings. The molecule has 2 rings (SSSR count). The van der Waals surface area contributed by atoms with Crippen LogP contribution in [0.5, 0.6) is 0 Å². The number of hydrogen-bond acceptors (Lipinski definition) is 6. The predicted octanol–water partition coefficient (Wildman–Crippen LogP) is 2.84. The largest absolute Gasteiger partial charge is 0.466 e. The Bertz CT molecular complexity index is 559. The van der Waals surface area contributed by atoms with E-state index in [9.17, 15) is 14.9 Å². The third kappa shape index (κ3) is 2.51. The fourth-order valence-electron chi connectivity index (χ4n) is 2.12. The molecule has 0 aromatic heterocycles. The van der Waals surface area contributed by atoms with Gasteiger partial charge in [0.2, 0.25) is 0 Å². The van der Waals surface area contributed by atoms with Gasteiger partial charge in [-0.1, -0.05) is 0 Å². The van der Waals surface area contributed by atoms with E-state index in [-0.39, 0.29) is 17.7 Å². The Hall–Kier alpha value is -1.60. The molecule has 1 aromatic rings. The Balaban J connectivity index is 2.37. The quantitative estimate of drug-likeness (QED) is 0.398. The maximum absolute atomic E-state index is 12.1. The summed E-state index contributed by atoms with van der Waals surface area (Å²) in [6, 6.07) is 4.37. The molecule has 20 heavy (non-hydrogen) atoms. The fourth-order valence-corrected chi connectivity index (χ4v) is 3.22. The van der Waals surface area contributed by atoms with E-state index in [0.717, 1.165) is 10.5 Å². The molecule has 0 bridgehead atoms. The molecule has 1 aliphatic heterocycles. The van der Waals surface area contributed by atoms with Crippen molar-refractivity contribution in [2.45, 2.75) is 31.7 Å². The molecule has 0 saturated heterocycles. The maximum Gasteiger partial charge on any atom is 0.313 e. The van der Waals surface area contributed by atoms with E-state index >= 15 is 0 Å². The van der Waals surface area contributed by atoms with Gasteiger partial charge in [0.05, 0.1) is 23.0 Å². The monoisotopic (exact) mass is 296 g/mol. The second-order valence-electron chi connectivity index (χ2n) is 5.07. The number of nitro benzene ring substituents is 1. The zero-order valence-electron chi connectivity index (χ0n) is 11.5. The summed E-state index contributed by atoms with van der Waals surface area (Å²) < 4.78 is 8.25. The first-order chi connectivity index (χ1) is 9.37. The van der Waals surface area contributed by atoms with Gasteiger partial charge in [-0.2, -0.15) is 0 Å². The summed E-state index contributed by atoms with van der Waals surface area (Å²) >= 11 is 1.38. The van der Waals surface area contributed by atoms with Crippen molar-refractivity contribution in [1.82, 2.24) is 4.72 Å². The van der Waals surface area contributed by atoms with Crippen LogP contribution in [0.2, 0.25) is 0 Å². The molecule has 6 nitrogen and oxygen atoms in total. The fraction of sp³-hybridized carbons (Fsp3) is 0.462. The van der Waals surface area contributed by atoms with E-state index < -0.39 is 10.3 Å². The molecular formula is C13H16N2O4S. The van der Waals surface area contributed by atoms with Gasteiger partial charge in [-0.3, -0.25) is 19.6 Å². The van der Waals surface area contributed by atoms with Gasteiger partial charge in [0.25, 0.3) is 5.69 Å². The Morgan fingerprint density at radius 3 is 2.85 bits per heavy atom. The second kappa shape index (κ2) is 5.41. The van der Waals surface area contributed by atoms with Gasteiger partial charge in [0, 0.05) is 17.0 Å². The molecule has 1 unspecified atom stereocenters. The maximum atomic E-state index is 12.1. The van der Waals surface area contributed by atoms with Gasteiger partial charge in [-0.25, -0.2) is 0 Å². The first kappa shape index (κ1) is 14.8. The van der Waals surface area contributed by atoms with Crippen LogP contribution >= 0.6 is 11.9 Å². The van der Waals surface area contributed by atoms with Crippen molar-refractivity contribution in [2.75, 3.05) is 6.61 Å². The van der Waals surface area contributed by atoms with E-state index in [0.29, 0.717) is 6.61 Å². The third-order valence-electron chi connectivity index (χ3n) is 3.33. The SMILES string of the molecule is CCOC(=O)C(C)(C)C1NSc2ccc([N+](=O)[O-])cc21. The Morgan fingerprint density at radius 1 is 1.55 bits per heavy atom. The zero-order valence-corrected chi connectivity index (χ0v) is 12.3. The van der Waals surface area contributed by atoms with E-state index in [1.807, 2.05) is 0 Å². The number of nitrogens with zero attached hydrogens (tertiary/aromatic N) is 1. The number of esters is 1. The van der Waals surface area contributed by atoms with E-state index in [4.69, 9.17) is 4.74 Å². The molecule has 1 aliphatic rings. The van der Waals surface area contributed by atoms with Crippen LogP contribution in [0.4, 0.5) is 5.69 Å². The van der Waals surface area contributed by atoms with E-state index in [1.54, 1.807) is 26.8 Å². The molecule has 0 radical (unpaired) electrons. The van der Waals surface area contributed by atoms with Crippen molar-refractivity contribution in [3.05, 3.63) is 33.9 Å². The molecule has 0 spiro atoms. The minimum Gasteiger partial charge on any atom is -0.466 e. The first-order valence-corrected chi connectivity index (χ1v) is 7.07. The molecule has 1 N–H and O–H groups in total. The molecule has 0 saturated carbocycles. The second-order valence-corrected chi connectivity index (χ2v) is 5.95. The van der Waals surface area contributed by atoms with Crippen LogP contribution in [0.25, 0.3) is 0 Å². The summed E-state index contributed by atoms with van der Waals surface area (Å²) in [6.45, 7) is 5.61. The topological polar surface area (TPSA) is 81.5 Å². The summed E-state index contributed by atoms with van der Waals surface area (Å²) in [7, 11) is 0. The predicted molar refractivity (Wildman–Crippen MR) is 75.2 cm³/mol. The van der Waals surface area contributed by atoms with Crippen molar-refractivity contribution in [3.8, 4) is 0 Å². The number of ether oxygens (including phenoxy) is 1. The molecule has 108 valence electrons. The Morgan fingerprint density at radius 2 is 2.25 bits per heavy atom. The summed E-state index contributed by atoms with van der Waals surface area (Å²) in [4.78, 5) is 23.4. The van der Waals surface area contributed by atoms with E-state index in [1.165, 1.54) is 24.1 Å². The van der Waals surface area contributed by atoms with Crippen molar-refractivity contribution < 1.29 is 14.5 Å².